The molecule has 0 spiro atoms. The molecule has 0 aliphatic carbocycles. The summed E-state index contributed by atoms with van der Waals surface area (Å²) < 4.78 is 1.91. The molecule has 1 aliphatic rings. The first-order valence-electron chi connectivity index (χ1n) is 7.05. The van der Waals surface area contributed by atoms with Gasteiger partial charge in [0.15, 0.2) is 0 Å². The molecule has 0 fully saturated rings. The molecule has 2 aromatic carbocycles. The molecule has 0 radical (unpaired) electrons. The van der Waals surface area contributed by atoms with Gasteiger partial charge < -0.3 is 0 Å². The molecule has 0 N–H and O–H groups in total. The molecule has 0 bridgehead atoms. The van der Waals surface area contributed by atoms with E-state index < -0.39 is 4.87 Å². The monoisotopic (exact) mass is 303 g/mol. The zero-order valence-corrected chi connectivity index (χ0v) is 12.9. The number of benzene rings is 2. The molecule has 1 aromatic heterocycles. The number of nitrogens with zero attached hydrogens (tertiary/aromatic N) is 3. The van der Waals surface area contributed by atoms with Gasteiger partial charge in [0, 0.05) is 5.56 Å². The minimum absolute atomic E-state index is 0.392. The summed E-state index contributed by atoms with van der Waals surface area (Å²) in [6.45, 7) is 1.98. The second kappa shape index (κ2) is 4.49. The molecule has 22 heavy (non-hydrogen) atoms. The van der Waals surface area contributed by atoms with Crippen LogP contribution in [0.3, 0.4) is 0 Å². The lowest BCUT2D eigenvalue weighted by atomic mass is 9.92. The van der Waals surface area contributed by atoms with Gasteiger partial charge in [-0.2, -0.15) is 5.26 Å². The van der Waals surface area contributed by atoms with Crippen molar-refractivity contribution in [3.8, 4) is 6.07 Å². The summed E-state index contributed by atoms with van der Waals surface area (Å²) >= 11 is 4.79. The van der Waals surface area contributed by atoms with Crippen molar-refractivity contribution < 1.29 is 0 Å². The summed E-state index contributed by atoms with van der Waals surface area (Å²) in [5.41, 5.74) is 5.15. The summed E-state index contributed by atoms with van der Waals surface area (Å²) in [6.07, 6.45) is 2.09. The lowest BCUT2D eigenvalue weighted by Gasteiger charge is -2.30. The van der Waals surface area contributed by atoms with Crippen LogP contribution < -0.4 is 0 Å². The van der Waals surface area contributed by atoms with Crippen molar-refractivity contribution >= 4 is 29.2 Å². The van der Waals surface area contributed by atoms with Crippen molar-refractivity contribution in [1.82, 2.24) is 9.55 Å². The van der Waals surface area contributed by atoms with Crippen LogP contribution in [0, 0.1) is 11.3 Å². The predicted octanol–water partition coefficient (Wildman–Crippen LogP) is 3.96. The van der Waals surface area contributed by atoms with E-state index in [9.17, 15) is 5.26 Å². The van der Waals surface area contributed by atoms with Crippen LogP contribution >= 0.6 is 12.6 Å². The number of hydrogen-bond acceptors (Lipinski definition) is 3. The Morgan fingerprint density at radius 1 is 1.14 bits per heavy atom. The Hall–Kier alpha value is -2.51. The highest BCUT2D eigenvalue weighted by Gasteiger charge is 2.32. The number of thiol groups is 1. The first-order valence-corrected chi connectivity index (χ1v) is 7.49. The fraction of sp³-hybridized carbons (Fsp3) is 0.111. The normalized spacial score (nSPS) is 19.8. The van der Waals surface area contributed by atoms with Gasteiger partial charge in [-0.25, -0.2) is 4.98 Å². The predicted molar refractivity (Wildman–Crippen MR) is 90.6 cm³/mol. The van der Waals surface area contributed by atoms with Crippen molar-refractivity contribution in [3.63, 3.8) is 0 Å². The fourth-order valence-electron chi connectivity index (χ4n) is 3.13. The van der Waals surface area contributed by atoms with E-state index in [2.05, 4.69) is 35.3 Å². The second-order valence-corrected chi connectivity index (χ2v) is 6.48. The van der Waals surface area contributed by atoms with E-state index in [1.165, 1.54) is 0 Å². The summed E-state index contributed by atoms with van der Waals surface area (Å²) in [4.78, 5) is 3.85. The molecule has 0 saturated carbocycles. The van der Waals surface area contributed by atoms with E-state index in [0.29, 0.717) is 5.82 Å². The van der Waals surface area contributed by atoms with E-state index >= 15 is 0 Å². The third-order valence-electron chi connectivity index (χ3n) is 4.02. The van der Waals surface area contributed by atoms with E-state index in [-0.39, 0.29) is 0 Å². The molecule has 3 nitrogen and oxygen atoms in total. The van der Waals surface area contributed by atoms with Crippen molar-refractivity contribution in [2.75, 3.05) is 0 Å². The fourth-order valence-corrected chi connectivity index (χ4v) is 3.46. The van der Waals surface area contributed by atoms with Crippen LogP contribution in [0.2, 0.25) is 0 Å². The molecule has 106 valence electrons. The quantitative estimate of drug-likeness (QED) is 0.691. The molecule has 1 aliphatic heterocycles. The second-order valence-electron chi connectivity index (χ2n) is 5.57. The molecule has 0 amide bonds. The van der Waals surface area contributed by atoms with Crippen LogP contribution in [0.25, 0.3) is 16.6 Å². The average molecular weight is 303 g/mol. The zero-order valence-electron chi connectivity index (χ0n) is 12.0. The number of aromatic nitrogens is 2. The first kappa shape index (κ1) is 13.2. The van der Waals surface area contributed by atoms with E-state index in [1.54, 1.807) is 0 Å². The van der Waals surface area contributed by atoms with Crippen LogP contribution in [0.15, 0.2) is 54.6 Å². The van der Waals surface area contributed by atoms with E-state index in [0.717, 1.165) is 27.7 Å². The molecule has 3 aromatic rings. The Morgan fingerprint density at radius 3 is 2.64 bits per heavy atom. The Bertz CT molecular complexity index is 959. The topological polar surface area (TPSA) is 41.6 Å². The van der Waals surface area contributed by atoms with E-state index in [1.807, 2.05) is 41.8 Å². The number of nitriles is 1. The molecule has 1 atom stereocenters. The Balaban J connectivity index is 2.12. The molecule has 4 heteroatoms. The summed E-state index contributed by atoms with van der Waals surface area (Å²) in [6, 6.07) is 18.4. The number of para-hydroxylation sites is 1. The maximum absolute atomic E-state index is 9.39. The lowest BCUT2D eigenvalue weighted by molar-refractivity contribution is 0.610. The largest absolute Gasteiger partial charge is 0.296 e. The summed E-state index contributed by atoms with van der Waals surface area (Å²) in [5.74, 6) is 0.392. The number of imidazole rings is 1. The summed E-state index contributed by atoms with van der Waals surface area (Å²) in [7, 11) is 0. The number of rotatable bonds is 1. The van der Waals surface area contributed by atoms with Crippen molar-refractivity contribution in [2.45, 2.75) is 11.8 Å². The number of hydrogen-bond donors (Lipinski definition) is 1. The van der Waals surface area contributed by atoms with Gasteiger partial charge >= 0.3 is 0 Å². The molecular weight excluding hydrogens is 290 g/mol. The molecule has 0 saturated heterocycles. The van der Waals surface area contributed by atoms with Crippen molar-refractivity contribution in [2.24, 2.45) is 0 Å². The van der Waals surface area contributed by atoms with Crippen LogP contribution in [-0.2, 0) is 4.87 Å². The van der Waals surface area contributed by atoms with Gasteiger partial charge in [-0.05, 0) is 30.2 Å². The zero-order chi connectivity index (χ0) is 15.3. The van der Waals surface area contributed by atoms with Gasteiger partial charge in [0.05, 0.1) is 11.0 Å². The van der Waals surface area contributed by atoms with Crippen LogP contribution in [0.4, 0.5) is 0 Å². The molecule has 2 heterocycles. The Labute approximate surface area is 133 Å². The van der Waals surface area contributed by atoms with Crippen molar-refractivity contribution in [1.29, 1.82) is 5.26 Å². The first-order chi connectivity index (χ1) is 10.6. The minimum atomic E-state index is -0.598. The highest BCUT2D eigenvalue weighted by molar-refractivity contribution is 7.81. The summed E-state index contributed by atoms with van der Waals surface area (Å²) in [5, 5.41) is 9.39. The lowest BCUT2D eigenvalue weighted by Crippen LogP contribution is -2.26. The molecule has 4 rings (SSSR count). The molecular formula is C18H13N3S. The van der Waals surface area contributed by atoms with E-state index in [4.69, 9.17) is 12.6 Å². The Morgan fingerprint density at radius 2 is 1.91 bits per heavy atom. The van der Waals surface area contributed by atoms with Gasteiger partial charge in [-0.1, -0.05) is 42.5 Å². The third kappa shape index (κ3) is 1.73. The van der Waals surface area contributed by atoms with Gasteiger partial charge in [-0.15, -0.1) is 12.6 Å². The van der Waals surface area contributed by atoms with Crippen LogP contribution in [-0.4, -0.2) is 9.55 Å². The van der Waals surface area contributed by atoms with Gasteiger partial charge in [-0.3, -0.25) is 4.57 Å². The SMILES string of the molecule is CC1(S)C=C(c2ccccc2)c2cccc3nc(C#N)n1c23. The minimum Gasteiger partial charge on any atom is -0.296 e. The molecule has 1 unspecified atom stereocenters. The van der Waals surface area contributed by atoms with Crippen LogP contribution in [0.1, 0.15) is 23.9 Å². The maximum Gasteiger partial charge on any atom is 0.215 e. The van der Waals surface area contributed by atoms with Gasteiger partial charge in [0.25, 0.3) is 0 Å². The van der Waals surface area contributed by atoms with Gasteiger partial charge in [0.2, 0.25) is 5.82 Å². The van der Waals surface area contributed by atoms with Crippen molar-refractivity contribution in [3.05, 3.63) is 71.6 Å². The highest BCUT2D eigenvalue weighted by Crippen LogP contribution is 2.42. The Kier molecular flexibility index (Phi) is 2.69. The average Bonchev–Trinajstić information content (AvgIpc) is 2.92. The smallest absolute Gasteiger partial charge is 0.215 e. The third-order valence-corrected chi connectivity index (χ3v) is 4.35. The van der Waals surface area contributed by atoms with Crippen LogP contribution in [0.5, 0.6) is 0 Å². The maximum atomic E-state index is 9.39. The standard InChI is InChI=1S/C18H13N3S/c1-18(22)10-14(12-6-3-2-4-7-12)13-8-5-9-15-17(13)21(18)16(11-19)20-15/h2-10,22H,1H3. The van der Waals surface area contributed by atoms with Gasteiger partial charge in [0.1, 0.15) is 10.9 Å². The highest BCUT2D eigenvalue weighted by atomic mass is 32.1.